The van der Waals surface area contributed by atoms with Gasteiger partial charge in [-0.15, -0.1) is 0 Å². The standard InChI is InChI=1S/C28H38ClN3O4S/c1-21-14-16-23(17-15-21)20-31(22(2)28(34)30-25-10-5-4-6-11-25)27(33)13-8-18-32(37(3,35)36)26-12-7-9-24(29)19-26/h7,9,12,14-17,19,22,25H,4-6,8,10-11,13,18,20H2,1-3H3,(H,30,34). The van der Waals surface area contributed by atoms with Crippen LogP contribution in [0.4, 0.5) is 5.69 Å². The molecule has 2 aromatic rings. The summed E-state index contributed by atoms with van der Waals surface area (Å²) in [5.41, 5.74) is 2.51. The SMILES string of the molecule is Cc1ccc(CN(C(=O)CCCN(c2cccc(Cl)c2)S(C)(=O)=O)C(C)C(=O)NC2CCCCC2)cc1. The largest absolute Gasteiger partial charge is 0.352 e. The second kappa shape index (κ2) is 13.3. The van der Waals surface area contributed by atoms with Gasteiger partial charge in [0.05, 0.1) is 11.9 Å². The van der Waals surface area contributed by atoms with Crippen LogP contribution in [0.25, 0.3) is 0 Å². The van der Waals surface area contributed by atoms with Gasteiger partial charge in [-0.25, -0.2) is 8.42 Å². The van der Waals surface area contributed by atoms with Crippen molar-refractivity contribution in [3.05, 3.63) is 64.7 Å². The molecule has 2 aromatic carbocycles. The number of hydrogen-bond acceptors (Lipinski definition) is 4. The van der Waals surface area contributed by atoms with Gasteiger partial charge in [-0.05, 0) is 56.9 Å². The Morgan fingerprint density at radius 1 is 1.08 bits per heavy atom. The third-order valence-corrected chi connectivity index (χ3v) is 8.27. The number of nitrogens with zero attached hydrogens (tertiary/aromatic N) is 2. The van der Waals surface area contributed by atoms with Gasteiger partial charge in [0.1, 0.15) is 6.04 Å². The van der Waals surface area contributed by atoms with Crippen molar-refractivity contribution in [2.24, 2.45) is 0 Å². The van der Waals surface area contributed by atoms with Crippen molar-refractivity contribution >= 4 is 39.1 Å². The Balaban J connectivity index is 1.71. The third kappa shape index (κ3) is 8.75. The predicted octanol–water partition coefficient (Wildman–Crippen LogP) is 5.06. The lowest BCUT2D eigenvalue weighted by molar-refractivity contribution is -0.141. The molecule has 202 valence electrons. The van der Waals surface area contributed by atoms with E-state index in [-0.39, 0.29) is 30.8 Å². The van der Waals surface area contributed by atoms with E-state index in [9.17, 15) is 18.0 Å². The van der Waals surface area contributed by atoms with Gasteiger partial charge in [0.25, 0.3) is 0 Å². The van der Waals surface area contributed by atoms with E-state index in [0.29, 0.717) is 23.7 Å². The van der Waals surface area contributed by atoms with Crippen LogP contribution in [0.2, 0.25) is 5.02 Å². The van der Waals surface area contributed by atoms with Crippen LogP contribution in [0.5, 0.6) is 0 Å². The van der Waals surface area contributed by atoms with E-state index in [1.165, 1.54) is 10.7 Å². The maximum absolute atomic E-state index is 13.4. The molecule has 1 fully saturated rings. The number of amides is 2. The van der Waals surface area contributed by atoms with Gasteiger partial charge in [0.15, 0.2) is 0 Å². The van der Waals surface area contributed by atoms with Crippen LogP contribution in [0, 0.1) is 6.92 Å². The molecular weight excluding hydrogens is 510 g/mol. The summed E-state index contributed by atoms with van der Waals surface area (Å²) < 4.78 is 26.1. The quantitative estimate of drug-likeness (QED) is 0.426. The Bertz CT molecular complexity index is 1160. The molecule has 1 unspecified atom stereocenters. The minimum atomic E-state index is -3.57. The highest BCUT2D eigenvalue weighted by atomic mass is 35.5. The number of anilines is 1. The number of benzene rings is 2. The van der Waals surface area contributed by atoms with Crippen molar-refractivity contribution < 1.29 is 18.0 Å². The molecule has 0 aromatic heterocycles. The second-order valence-electron chi connectivity index (χ2n) is 9.95. The molecule has 1 saturated carbocycles. The highest BCUT2D eigenvalue weighted by Crippen LogP contribution is 2.23. The summed E-state index contributed by atoms with van der Waals surface area (Å²) in [4.78, 5) is 28.2. The van der Waals surface area contributed by atoms with Crippen LogP contribution in [-0.4, -0.2) is 50.0 Å². The molecule has 0 radical (unpaired) electrons. The number of aryl methyl sites for hydroxylation is 1. The van der Waals surface area contributed by atoms with E-state index in [0.717, 1.165) is 43.1 Å². The van der Waals surface area contributed by atoms with E-state index < -0.39 is 16.1 Å². The first-order valence-corrected chi connectivity index (χ1v) is 15.2. The molecule has 1 aliphatic rings. The fourth-order valence-electron chi connectivity index (χ4n) is 4.68. The lowest BCUT2D eigenvalue weighted by Crippen LogP contribution is -2.50. The topological polar surface area (TPSA) is 86.8 Å². The molecule has 1 atom stereocenters. The molecule has 37 heavy (non-hydrogen) atoms. The van der Waals surface area contributed by atoms with Crippen LogP contribution in [0.3, 0.4) is 0 Å². The van der Waals surface area contributed by atoms with Gasteiger partial charge < -0.3 is 10.2 Å². The molecular formula is C28H38ClN3O4S. The van der Waals surface area contributed by atoms with Crippen LogP contribution in [0.1, 0.15) is 63.0 Å². The molecule has 0 spiro atoms. The number of halogens is 1. The van der Waals surface area contributed by atoms with Crippen molar-refractivity contribution in [1.82, 2.24) is 10.2 Å². The molecule has 0 heterocycles. The number of rotatable bonds is 11. The number of carbonyl (C=O) groups excluding carboxylic acids is 2. The van der Waals surface area contributed by atoms with Crippen LogP contribution in [-0.2, 0) is 26.2 Å². The zero-order valence-corrected chi connectivity index (χ0v) is 23.5. The first-order valence-electron chi connectivity index (χ1n) is 12.9. The number of sulfonamides is 1. The minimum absolute atomic E-state index is 0.111. The molecule has 0 aliphatic heterocycles. The smallest absolute Gasteiger partial charge is 0.242 e. The van der Waals surface area contributed by atoms with E-state index >= 15 is 0 Å². The Morgan fingerprint density at radius 2 is 1.76 bits per heavy atom. The lowest BCUT2D eigenvalue weighted by Gasteiger charge is -2.31. The van der Waals surface area contributed by atoms with Crippen LogP contribution < -0.4 is 9.62 Å². The average Bonchev–Trinajstić information content (AvgIpc) is 2.85. The van der Waals surface area contributed by atoms with Crippen molar-refractivity contribution in [3.8, 4) is 0 Å². The maximum atomic E-state index is 13.4. The molecule has 0 saturated heterocycles. The first-order chi connectivity index (χ1) is 17.5. The van der Waals surface area contributed by atoms with Gasteiger partial charge in [-0.1, -0.05) is 66.8 Å². The molecule has 7 nitrogen and oxygen atoms in total. The summed E-state index contributed by atoms with van der Waals surface area (Å²) in [6.07, 6.45) is 6.89. The number of nitrogens with one attached hydrogen (secondary N) is 1. The molecule has 9 heteroatoms. The summed E-state index contributed by atoms with van der Waals surface area (Å²) in [5.74, 6) is -0.338. The Morgan fingerprint density at radius 3 is 2.38 bits per heavy atom. The predicted molar refractivity (Wildman–Crippen MR) is 149 cm³/mol. The van der Waals surface area contributed by atoms with E-state index in [1.54, 1.807) is 36.1 Å². The minimum Gasteiger partial charge on any atom is -0.352 e. The van der Waals surface area contributed by atoms with Gasteiger partial charge in [0, 0.05) is 30.6 Å². The molecule has 1 aliphatic carbocycles. The maximum Gasteiger partial charge on any atom is 0.242 e. The van der Waals surface area contributed by atoms with Crippen LogP contribution >= 0.6 is 11.6 Å². The van der Waals surface area contributed by atoms with E-state index in [1.807, 2.05) is 31.2 Å². The first kappa shape index (κ1) is 29.0. The summed E-state index contributed by atoms with van der Waals surface area (Å²) in [7, 11) is -3.57. The van der Waals surface area contributed by atoms with Gasteiger partial charge in [-0.3, -0.25) is 13.9 Å². The summed E-state index contributed by atoms with van der Waals surface area (Å²) in [6, 6.07) is 14.0. The van der Waals surface area contributed by atoms with E-state index in [2.05, 4.69) is 5.32 Å². The Kier molecular flexibility index (Phi) is 10.4. The number of carbonyl (C=O) groups is 2. The Labute approximate surface area is 226 Å². The zero-order chi connectivity index (χ0) is 27.0. The molecule has 1 N–H and O–H groups in total. The normalized spacial score (nSPS) is 15.1. The summed E-state index contributed by atoms with van der Waals surface area (Å²) in [6.45, 7) is 4.20. The highest BCUT2D eigenvalue weighted by Gasteiger charge is 2.28. The average molecular weight is 548 g/mol. The summed E-state index contributed by atoms with van der Waals surface area (Å²) in [5, 5.41) is 3.57. The van der Waals surface area contributed by atoms with E-state index in [4.69, 9.17) is 11.6 Å². The van der Waals surface area contributed by atoms with Gasteiger partial charge in [-0.2, -0.15) is 0 Å². The van der Waals surface area contributed by atoms with Crippen molar-refractivity contribution in [3.63, 3.8) is 0 Å². The molecule has 0 bridgehead atoms. The van der Waals surface area contributed by atoms with Crippen molar-refractivity contribution in [1.29, 1.82) is 0 Å². The van der Waals surface area contributed by atoms with Gasteiger partial charge in [0.2, 0.25) is 21.8 Å². The lowest BCUT2D eigenvalue weighted by atomic mass is 9.95. The molecule has 3 rings (SSSR count). The van der Waals surface area contributed by atoms with Crippen LogP contribution in [0.15, 0.2) is 48.5 Å². The Hall–Kier alpha value is -2.58. The number of hydrogen-bond donors (Lipinski definition) is 1. The zero-order valence-electron chi connectivity index (χ0n) is 22.0. The van der Waals surface area contributed by atoms with Crippen molar-refractivity contribution in [2.75, 3.05) is 17.1 Å². The molecule has 2 amide bonds. The fourth-order valence-corrected chi connectivity index (χ4v) is 5.82. The highest BCUT2D eigenvalue weighted by molar-refractivity contribution is 7.92. The van der Waals surface area contributed by atoms with Gasteiger partial charge >= 0.3 is 0 Å². The fraction of sp³-hybridized carbons (Fsp3) is 0.500. The monoisotopic (exact) mass is 547 g/mol. The second-order valence-corrected chi connectivity index (χ2v) is 12.3. The third-order valence-electron chi connectivity index (χ3n) is 6.84. The van der Waals surface area contributed by atoms with Crippen molar-refractivity contribution in [2.45, 2.75) is 77.4 Å². The summed E-state index contributed by atoms with van der Waals surface area (Å²) >= 11 is 6.07.